The molecule has 0 aromatic heterocycles. The van der Waals surface area contributed by atoms with Gasteiger partial charge in [0.15, 0.2) is 23.3 Å². The minimum absolute atomic E-state index is 0.0167. The third kappa shape index (κ3) is 2.28. The van der Waals surface area contributed by atoms with Crippen molar-refractivity contribution in [2.45, 2.75) is 25.7 Å². The molecule has 0 amide bonds. The fraction of sp³-hybridized carbons (Fsp3) is 0.400. The van der Waals surface area contributed by atoms with Crippen LogP contribution in [-0.4, -0.2) is 0 Å². The number of halogens is 8. The highest BCUT2D eigenvalue weighted by Gasteiger charge is 2.43. The lowest BCUT2D eigenvalue weighted by molar-refractivity contribution is -0.00145. The van der Waals surface area contributed by atoms with Crippen LogP contribution in [0.1, 0.15) is 25.0 Å². The van der Waals surface area contributed by atoms with Gasteiger partial charge in [0, 0.05) is 13.8 Å². The van der Waals surface area contributed by atoms with E-state index in [1.807, 2.05) is 0 Å². The molecule has 0 heterocycles. The van der Waals surface area contributed by atoms with Gasteiger partial charge in [0.25, 0.3) is 11.8 Å². The summed E-state index contributed by atoms with van der Waals surface area (Å²) in [5, 5.41) is 0. The second-order valence-corrected chi connectivity index (χ2v) is 3.78. The van der Waals surface area contributed by atoms with Gasteiger partial charge in [0.1, 0.15) is 0 Å². The predicted octanol–water partition coefficient (Wildman–Crippen LogP) is 4.47. The van der Waals surface area contributed by atoms with Crippen LogP contribution < -0.4 is 0 Å². The molecule has 0 fully saturated rings. The van der Waals surface area contributed by atoms with E-state index < -0.39 is 46.2 Å². The van der Waals surface area contributed by atoms with Crippen molar-refractivity contribution in [3.8, 4) is 0 Å². The summed E-state index contributed by atoms with van der Waals surface area (Å²) in [4.78, 5) is 0. The molecule has 18 heavy (non-hydrogen) atoms. The molecule has 0 atom stereocenters. The van der Waals surface area contributed by atoms with Gasteiger partial charge in [-0.05, 0) is 0 Å². The Bertz CT molecular complexity index is 406. The standard InChI is InChI=1S/C10H6F8/c1-9(15,16)3-5(11)7(13)4(10(2,17)18)8(14)6(3)12/h1-2H3. The summed E-state index contributed by atoms with van der Waals surface area (Å²) in [5.74, 6) is -18.6. The highest BCUT2D eigenvalue weighted by molar-refractivity contribution is 5.34. The van der Waals surface area contributed by atoms with Gasteiger partial charge in [-0.15, -0.1) is 0 Å². The van der Waals surface area contributed by atoms with Crippen LogP contribution in [0.2, 0.25) is 0 Å². The van der Waals surface area contributed by atoms with E-state index >= 15 is 0 Å². The Kier molecular flexibility index (Phi) is 3.35. The van der Waals surface area contributed by atoms with Crippen molar-refractivity contribution in [1.29, 1.82) is 0 Å². The second-order valence-electron chi connectivity index (χ2n) is 3.78. The molecule has 1 aromatic carbocycles. The largest absolute Gasteiger partial charge is 0.276 e. The summed E-state index contributed by atoms with van der Waals surface area (Å²) in [7, 11) is 0. The maximum atomic E-state index is 13.1. The van der Waals surface area contributed by atoms with Crippen LogP contribution in [0.5, 0.6) is 0 Å². The Balaban J connectivity index is 3.79. The summed E-state index contributed by atoms with van der Waals surface area (Å²) in [6, 6.07) is 0. The molecule has 1 aromatic rings. The van der Waals surface area contributed by atoms with Gasteiger partial charge >= 0.3 is 0 Å². The van der Waals surface area contributed by atoms with E-state index in [-0.39, 0.29) is 13.8 Å². The van der Waals surface area contributed by atoms with Gasteiger partial charge in [-0.25, -0.2) is 35.1 Å². The van der Waals surface area contributed by atoms with Crippen LogP contribution in [0.25, 0.3) is 0 Å². The zero-order valence-electron chi connectivity index (χ0n) is 9.02. The van der Waals surface area contributed by atoms with E-state index in [2.05, 4.69) is 0 Å². The lowest BCUT2D eigenvalue weighted by Crippen LogP contribution is -2.22. The van der Waals surface area contributed by atoms with E-state index in [0.29, 0.717) is 0 Å². The second kappa shape index (κ2) is 4.10. The molecule has 102 valence electrons. The van der Waals surface area contributed by atoms with Crippen LogP contribution in [0, 0.1) is 23.3 Å². The third-order valence-electron chi connectivity index (χ3n) is 2.14. The average Bonchev–Trinajstić information content (AvgIpc) is 2.10. The molecule has 0 saturated heterocycles. The molecule has 0 N–H and O–H groups in total. The van der Waals surface area contributed by atoms with E-state index in [9.17, 15) is 35.1 Å². The minimum Gasteiger partial charge on any atom is -0.203 e. The van der Waals surface area contributed by atoms with E-state index in [4.69, 9.17) is 0 Å². The first-order valence-corrected chi connectivity index (χ1v) is 4.51. The summed E-state index contributed by atoms with van der Waals surface area (Å²) in [5.41, 5.74) is -4.43. The van der Waals surface area contributed by atoms with Gasteiger partial charge in [-0.1, -0.05) is 0 Å². The van der Waals surface area contributed by atoms with Gasteiger partial charge in [-0.2, -0.15) is 0 Å². The maximum absolute atomic E-state index is 13.1. The quantitative estimate of drug-likeness (QED) is 0.553. The van der Waals surface area contributed by atoms with Crippen molar-refractivity contribution in [2.75, 3.05) is 0 Å². The minimum atomic E-state index is -4.25. The van der Waals surface area contributed by atoms with Crippen molar-refractivity contribution >= 4 is 0 Å². The number of benzene rings is 1. The van der Waals surface area contributed by atoms with E-state index in [0.717, 1.165) is 0 Å². The zero-order valence-corrected chi connectivity index (χ0v) is 9.02. The average molecular weight is 278 g/mol. The van der Waals surface area contributed by atoms with Gasteiger partial charge in [0.2, 0.25) is 0 Å². The summed E-state index contributed by atoms with van der Waals surface area (Å²) >= 11 is 0. The number of hydrogen-bond donors (Lipinski definition) is 0. The van der Waals surface area contributed by atoms with E-state index in [1.165, 1.54) is 0 Å². The topological polar surface area (TPSA) is 0 Å². The zero-order chi connectivity index (χ0) is 14.5. The highest BCUT2D eigenvalue weighted by Crippen LogP contribution is 2.40. The molecule has 0 bridgehead atoms. The van der Waals surface area contributed by atoms with Crippen LogP contribution in [0.15, 0.2) is 0 Å². The van der Waals surface area contributed by atoms with Gasteiger partial charge in [0.05, 0.1) is 11.1 Å². The van der Waals surface area contributed by atoms with Crippen molar-refractivity contribution in [3.05, 3.63) is 34.4 Å². The highest BCUT2D eigenvalue weighted by atomic mass is 19.3. The number of alkyl halides is 4. The van der Waals surface area contributed by atoms with Gasteiger partial charge in [-0.3, -0.25) is 0 Å². The molecule has 0 radical (unpaired) electrons. The summed E-state index contributed by atoms with van der Waals surface area (Å²) < 4.78 is 104. The molecule has 0 aliphatic carbocycles. The van der Waals surface area contributed by atoms with Crippen molar-refractivity contribution in [3.63, 3.8) is 0 Å². The SMILES string of the molecule is CC(F)(F)c1c(F)c(F)c(C(C)(F)F)c(F)c1F. The van der Waals surface area contributed by atoms with Crippen LogP contribution in [0.4, 0.5) is 35.1 Å². The lowest BCUT2D eigenvalue weighted by Gasteiger charge is -2.19. The maximum Gasteiger partial charge on any atom is 0.276 e. The molecule has 0 aliphatic heterocycles. The molecule has 1 rings (SSSR count). The van der Waals surface area contributed by atoms with Crippen LogP contribution >= 0.6 is 0 Å². The Hall–Kier alpha value is -1.34. The lowest BCUT2D eigenvalue weighted by atomic mass is 10.0. The Morgan fingerprint density at radius 1 is 0.556 bits per heavy atom. The normalized spacial score (nSPS) is 13.0. The monoisotopic (exact) mass is 278 g/mol. The smallest absolute Gasteiger partial charge is 0.203 e. The predicted molar refractivity (Wildman–Crippen MR) is 45.4 cm³/mol. The fourth-order valence-corrected chi connectivity index (χ4v) is 1.40. The first kappa shape index (κ1) is 14.7. The molecule has 0 unspecified atom stereocenters. The Morgan fingerprint density at radius 2 is 0.722 bits per heavy atom. The van der Waals surface area contributed by atoms with Crippen LogP contribution in [-0.2, 0) is 11.8 Å². The molecular weight excluding hydrogens is 272 g/mol. The molecule has 8 heteroatoms. The summed E-state index contributed by atoms with van der Waals surface area (Å²) in [6.45, 7) is -0.0335. The molecule has 0 aliphatic rings. The molecule has 0 nitrogen and oxygen atoms in total. The molecule has 0 saturated carbocycles. The Morgan fingerprint density at radius 3 is 0.833 bits per heavy atom. The third-order valence-corrected chi connectivity index (χ3v) is 2.14. The first-order chi connectivity index (χ1) is 7.89. The number of hydrogen-bond acceptors (Lipinski definition) is 0. The van der Waals surface area contributed by atoms with Crippen molar-refractivity contribution in [2.24, 2.45) is 0 Å². The fourth-order valence-electron chi connectivity index (χ4n) is 1.40. The molecular formula is C10H6F8. The summed E-state index contributed by atoms with van der Waals surface area (Å²) in [6.07, 6.45) is 0. The number of rotatable bonds is 2. The first-order valence-electron chi connectivity index (χ1n) is 4.51. The van der Waals surface area contributed by atoms with Gasteiger partial charge < -0.3 is 0 Å². The van der Waals surface area contributed by atoms with Crippen molar-refractivity contribution in [1.82, 2.24) is 0 Å². The molecule has 0 spiro atoms. The van der Waals surface area contributed by atoms with Crippen molar-refractivity contribution < 1.29 is 35.1 Å². The van der Waals surface area contributed by atoms with E-state index in [1.54, 1.807) is 0 Å². The van der Waals surface area contributed by atoms with Crippen LogP contribution in [0.3, 0.4) is 0 Å². The Labute approximate surface area is 96.2 Å².